The summed E-state index contributed by atoms with van der Waals surface area (Å²) in [6, 6.07) is 2.04. The Morgan fingerprint density at radius 3 is 2.82 bits per heavy atom. The Morgan fingerprint density at radius 2 is 2.18 bits per heavy atom. The minimum absolute atomic E-state index is 0.131. The van der Waals surface area contributed by atoms with E-state index in [2.05, 4.69) is 5.10 Å². The van der Waals surface area contributed by atoms with Crippen LogP contribution in [0.3, 0.4) is 0 Å². The van der Waals surface area contributed by atoms with Gasteiger partial charge in [-0.2, -0.15) is 5.10 Å². The van der Waals surface area contributed by atoms with Gasteiger partial charge in [-0.15, -0.1) is 0 Å². The molecule has 0 aromatic carbocycles. The molecular weight excluding hydrogens is 212 g/mol. The van der Waals surface area contributed by atoms with Crippen LogP contribution in [0, 0.1) is 5.92 Å². The lowest BCUT2D eigenvalue weighted by Gasteiger charge is -2.23. The van der Waals surface area contributed by atoms with Crippen molar-refractivity contribution in [3.8, 4) is 0 Å². The normalized spacial score (nSPS) is 19.4. The predicted molar refractivity (Wildman–Crippen MR) is 68.7 cm³/mol. The Balaban J connectivity index is 1.70. The molecule has 1 heterocycles. The molecule has 0 bridgehead atoms. The van der Waals surface area contributed by atoms with Gasteiger partial charge in [-0.05, 0) is 31.2 Å². The predicted octanol–water partition coefficient (Wildman–Crippen LogP) is 2.68. The van der Waals surface area contributed by atoms with Crippen molar-refractivity contribution in [3.05, 3.63) is 18.0 Å². The molecule has 1 aliphatic rings. The third-order valence-corrected chi connectivity index (χ3v) is 3.99. The highest BCUT2D eigenvalue weighted by Gasteiger charge is 2.17. The van der Waals surface area contributed by atoms with Crippen LogP contribution in [0.5, 0.6) is 0 Å². The second-order valence-electron chi connectivity index (χ2n) is 5.38. The average molecular weight is 236 g/mol. The Labute approximate surface area is 104 Å². The Hall–Kier alpha value is -0.830. The molecule has 17 heavy (non-hydrogen) atoms. The van der Waals surface area contributed by atoms with Crippen molar-refractivity contribution >= 4 is 0 Å². The van der Waals surface area contributed by atoms with Gasteiger partial charge in [-0.1, -0.05) is 32.1 Å². The quantitative estimate of drug-likeness (QED) is 0.853. The standard InChI is InChI=1S/C14H24N2O/c1-16-13(9-10-15-16)7-8-14(17)11-12-5-3-2-4-6-12/h9-10,12,14,17H,2-8,11H2,1H3. The van der Waals surface area contributed by atoms with E-state index >= 15 is 0 Å². The summed E-state index contributed by atoms with van der Waals surface area (Å²) in [5.74, 6) is 0.769. The van der Waals surface area contributed by atoms with Gasteiger partial charge in [0.1, 0.15) is 0 Å². The SMILES string of the molecule is Cn1nccc1CCC(O)CC1CCCCC1. The third kappa shape index (κ3) is 3.84. The van der Waals surface area contributed by atoms with Crippen LogP contribution in [0.2, 0.25) is 0 Å². The molecule has 2 rings (SSSR count). The van der Waals surface area contributed by atoms with Crippen molar-refractivity contribution in [3.63, 3.8) is 0 Å². The van der Waals surface area contributed by atoms with Gasteiger partial charge in [-0.25, -0.2) is 0 Å². The fourth-order valence-corrected chi connectivity index (χ4v) is 2.89. The van der Waals surface area contributed by atoms with Crippen LogP contribution in [-0.2, 0) is 13.5 Å². The van der Waals surface area contributed by atoms with Gasteiger partial charge in [0.05, 0.1) is 6.10 Å². The topological polar surface area (TPSA) is 38.0 Å². The summed E-state index contributed by atoms with van der Waals surface area (Å²) in [5.41, 5.74) is 1.22. The Bertz CT molecular complexity index is 329. The van der Waals surface area contributed by atoms with E-state index in [-0.39, 0.29) is 6.10 Å². The number of nitrogens with zero attached hydrogens (tertiary/aromatic N) is 2. The van der Waals surface area contributed by atoms with E-state index in [1.807, 2.05) is 24.0 Å². The molecule has 1 atom stereocenters. The van der Waals surface area contributed by atoms with Gasteiger partial charge in [0, 0.05) is 18.9 Å². The van der Waals surface area contributed by atoms with Gasteiger partial charge in [0.2, 0.25) is 0 Å². The fraction of sp³-hybridized carbons (Fsp3) is 0.786. The van der Waals surface area contributed by atoms with Crippen LogP contribution in [0.25, 0.3) is 0 Å². The second kappa shape index (κ2) is 6.20. The van der Waals surface area contributed by atoms with Crippen molar-refractivity contribution in [1.29, 1.82) is 0 Å². The monoisotopic (exact) mass is 236 g/mol. The molecule has 1 N–H and O–H groups in total. The highest BCUT2D eigenvalue weighted by molar-refractivity contribution is 5.00. The molecule has 1 aromatic rings. The zero-order valence-electron chi connectivity index (χ0n) is 10.8. The molecular formula is C14H24N2O. The molecule has 0 amide bonds. The first-order chi connectivity index (χ1) is 8.25. The van der Waals surface area contributed by atoms with Crippen LogP contribution in [0.1, 0.15) is 50.6 Å². The van der Waals surface area contributed by atoms with Gasteiger partial charge in [-0.3, -0.25) is 4.68 Å². The molecule has 0 aliphatic heterocycles. The van der Waals surface area contributed by atoms with Crippen LogP contribution in [0.4, 0.5) is 0 Å². The lowest BCUT2D eigenvalue weighted by molar-refractivity contribution is 0.121. The first-order valence-corrected chi connectivity index (χ1v) is 6.90. The summed E-state index contributed by atoms with van der Waals surface area (Å²) in [6.07, 6.45) is 11.2. The van der Waals surface area contributed by atoms with Crippen LogP contribution in [-0.4, -0.2) is 21.0 Å². The van der Waals surface area contributed by atoms with Gasteiger partial charge >= 0.3 is 0 Å². The van der Waals surface area contributed by atoms with E-state index < -0.39 is 0 Å². The van der Waals surface area contributed by atoms with Crippen molar-refractivity contribution < 1.29 is 5.11 Å². The number of aliphatic hydroxyl groups excluding tert-OH is 1. The largest absolute Gasteiger partial charge is 0.393 e. The molecule has 1 unspecified atom stereocenters. The Kier molecular flexibility index (Phi) is 4.60. The molecule has 0 radical (unpaired) electrons. The number of rotatable bonds is 5. The first kappa shape index (κ1) is 12.6. The zero-order valence-corrected chi connectivity index (χ0v) is 10.8. The van der Waals surface area contributed by atoms with Crippen molar-refractivity contribution in [1.82, 2.24) is 9.78 Å². The zero-order chi connectivity index (χ0) is 12.1. The summed E-state index contributed by atoms with van der Waals surface area (Å²) in [5, 5.41) is 14.2. The molecule has 1 aromatic heterocycles. The minimum atomic E-state index is -0.131. The van der Waals surface area contributed by atoms with Crippen LogP contribution >= 0.6 is 0 Å². The molecule has 1 aliphatic carbocycles. The maximum Gasteiger partial charge on any atom is 0.0546 e. The van der Waals surface area contributed by atoms with E-state index in [1.54, 1.807) is 0 Å². The number of hydrogen-bond acceptors (Lipinski definition) is 2. The first-order valence-electron chi connectivity index (χ1n) is 6.90. The van der Waals surface area contributed by atoms with E-state index in [4.69, 9.17) is 0 Å². The Morgan fingerprint density at radius 1 is 1.41 bits per heavy atom. The maximum atomic E-state index is 10.1. The lowest BCUT2D eigenvalue weighted by Crippen LogP contribution is -2.17. The summed E-state index contributed by atoms with van der Waals surface area (Å²) >= 11 is 0. The molecule has 1 fully saturated rings. The molecule has 3 heteroatoms. The van der Waals surface area contributed by atoms with Crippen LogP contribution in [0.15, 0.2) is 12.3 Å². The van der Waals surface area contributed by atoms with Crippen LogP contribution < -0.4 is 0 Å². The average Bonchev–Trinajstić information content (AvgIpc) is 2.74. The second-order valence-corrected chi connectivity index (χ2v) is 5.38. The van der Waals surface area contributed by atoms with Gasteiger partial charge in [0.15, 0.2) is 0 Å². The van der Waals surface area contributed by atoms with E-state index in [1.165, 1.54) is 37.8 Å². The minimum Gasteiger partial charge on any atom is -0.393 e. The summed E-state index contributed by atoms with van der Waals surface area (Å²) in [7, 11) is 1.96. The fourth-order valence-electron chi connectivity index (χ4n) is 2.89. The number of aliphatic hydroxyl groups is 1. The summed E-state index contributed by atoms with van der Waals surface area (Å²) in [4.78, 5) is 0. The molecule has 3 nitrogen and oxygen atoms in total. The summed E-state index contributed by atoms with van der Waals surface area (Å²) in [6.45, 7) is 0. The molecule has 0 saturated heterocycles. The third-order valence-electron chi connectivity index (χ3n) is 3.99. The number of aromatic nitrogens is 2. The van der Waals surface area contributed by atoms with E-state index in [0.717, 1.165) is 25.2 Å². The van der Waals surface area contributed by atoms with E-state index in [0.29, 0.717) is 0 Å². The lowest BCUT2D eigenvalue weighted by atomic mass is 9.84. The smallest absolute Gasteiger partial charge is 0.0546 e. The van der Waals surface area contributed by atoms with E-state index in [9.17, 15) is 5.11 Å². The molecule has 96 valence electrons. The highest BCUT2D eigenvalue weighted by atomic mass is 16.3. The van der Waals surface area contributed by atoms with Gasteiger partial charge in [0.25, 0.3) is 0 Å². The highest BCUT2D eigenvalue weighted by Crippen LogP contribution is 2.28. The number of hydrogen-bond donors (Lipinski definition) is 1. The summed E-state index contributed by atoms with van der Waals surface area (Å²) < 4.78 is 1.90. The molecule has 0 spiro atoms. The maximum absolute atomic E-state index is 10.1. The van der Waals surface area contributed by atoms with Gasteiger partial charge < -0.3 is 5.11 Å². The number of aryl methyl sites for hydroxylation is 2. The molecule has 1 saturated carbocycles. The van der Waals surface area contributed by atoms with Crippen molar-refractivity contribution in [2.45, 2.75) is 57.5 Å². The van der Waals surface area contributed by atoms with Crippen molar-refractivity contribution in [2.24, 2.45) is 13.0 Å². The van der Waals surface area contributed by atoms with Crippen molar-refractivity contribution in [2.75, 3.05) is 0 Å².